The van der Waals surface area contributed by atoms with E-state index >= 15 is 0 Å². The fourth-order valence-electron chi connectivity index (χ4n) is 3.43. The van der Waals surface area contributed by atoms with E-state index in [-0.39, 0.29) is 30.1 Å². The Kier molecular flexibility index (Phi) is 6.41. The second-order valence-corrected chi connectivity index (χ2v) is 10.2. The lowest BCUT2D eigenvalue weighted by Crippen LogP contribution is -2.53. The van der Waals surface area contributed by atoms with Crippen LogP contribution in [0.15, 0.2) is 40.0 Å². The fourth-order valence-corrected chi connectivity index (χ4v) is 6.78. The van der Waals surface area contributed by atoms with Crippen LogP contribution in [0, 0.1) is 6.92 Å². The molecular weight excluding hydrogens is 482 g/mol. The number of halogens is 1. The van der Waals surface area contributed by atoms with Crippen molar-refractivity contribution in [1.29, 1.82) is 0 Å². The molecule has 13 heteroatoms. The average Bonchev–Trinajstić information content (AvgIpc) is 3.43. The summed E-state index contributed by atoms with van der Waals surface area (Å²) in [6.45, 7) is 1.22. The fraction of sp³-hybridized carbons (Fsp3) is 0.368. The molecule has 10 nitrogen and oxygen atoms in total. The largest absolute Gasteiger partial charge is 0.467 e. The highest BCUT2D eigenvalue weighted by Crippen LogP contribution is 2.50. The number of carbonyl (C=O) groups is 1. The molecule has 1 aromatic heterocycles. The normalized spacial score (nSPS) is 22.2. The van der Waals surface area contributed by atoms with Crippen LogP contribution < -0.4 is 10.0 Å². The van der Waals surface area contributed by atoms with Crippen molar-refractivity contribution >= 4 is 50.9 Å². The first-order valence-corrected chi connectivity index (χ1v) is 12.4. The molecule has 0 bridgehead atoms. The lowest BCUT2D eigenvalue weighted by molar-refractivity contribution is -0.118. The maximum atomic E-state index is 13.4. The number of para-hydroxylation sites is 1. The number of fused-ring (bicyclic) bond motifs is 1. The number of carbonyl (C=O) groups excluding carboxylic acids is 1. The number of ether oxygens (including phenoxy) is 2. The van der Waals surface area contributed by atoms with Crippen LogP contribution in [0.2, 0.25) is 5.02 Å². The van der Waals surface area contributed by atoms with Crippen LogP contribution in [0.25, 0.3) is 0 Å². The van der Waals surface area contributed by atoms with E-state index < -0.39 is 26.1 Å². The van der Waals surface area contributed by atoms with E-state index in [1.54, 1.807) is 19.1 Å². The van der Waals surface area contributed by atoms with Gasteiger partial charge >= 0.3 is 0 Å². The van der Waals surface area contributed by atoms with Crippen molar-refractivity contribution in [2.75, 3.05) is 23.4 Å². The van der Waals surface area contributed by atoms with Gasteiger partial charge in [-0.1, -0.05) is 35.0 Å². The van der Waals surface area contributed by atoms with Crippen molar-refractivity contribution in [3.05, 3.63) is 51.7 Å². The molecule has 1 fully saturated rings. The molecule has 1 saturated heterocycles. The molecule has 0 spiro atoms. The standard InChI is InChI=1S/C19H20ClN3O7S2/c1-11-15(20)18(30-22-11)23-32(26,27)19-14(28-10-29-19)9-31-16(19)17(25)21-13-7-3-2-5-12(13)6-4-8-24/h2-3,5,7,9,16,23-24H,4,6,8,10H2,1H3,(H,21,25). The Morgan fingerprint density at radius 3 is 2.91 bits per heavy atom. The van der Waals surface area contributed by atoms with Gasteiger partial charge in [0.25, 0.3) is 20.8 Å². The Bertz CT molecular complexity index is 1170. The molecule has 2 atom stereocenters. The Morgan fingerprint density at radius 1 is 1.41 bits per heavy atom. The van der Waals surface area contributed by atoms with Crippen molar-refractivity contribution in [1.82, 2.24) is 5.16 Å². The monoisotopic (exact) mass is 501 g/mol. The summed E-state index contributed by atoms with van der Waals surface area (Å²) in [4.78, 5) is 11.1. The van der Waals surface area contributed by atoms with Gasteiger partial charge in [-0.2, -0.15) is 0 Å². The molecular formula is C19H20ClN3O7S2. The number of aryl methyl sites for hydroxylation is 2. The first-order valence-electron chi connectivity index (χ1n) is 9.57. The summed E-state index contributed by atoms with van der Waals surface area (Å²) in [6, 6.07) is 7.11. The number of aliphatic hydroxyl groups is 1. The number of aromatic nitrogens is 1. The van der Waals surface area contributed by atoms with E-state index in [1.807, 2.05) is 12.1 Å². The van der Waals surface area contributed by atoms with Gasteiger partial charge in [-0.05, 0) is 31.4 Å². The predicted octanol–water partition coefficient (Wildman–Crippen LogP) is 2.60. The highest BCUT2D eigenvalue weighted by Gasteiger charge is 2.65. The topological polar surface area (TPSA) is 140 Å². The van der Waals surface area contributed by atoms with E-state index in [0.29, 0.717) is 24.2 Å². The second-order valence-electron chi connectivity index (χ2n) is 7.06. The molecule has 2 aliphatic heterocycles. The highest BCUT2D eigenvalue weighted by molar-refractivity contribution is 8.05. The summed E-state index contributed by atoms with van der Waals surface area (Å²) in [7, 11) is -4.43. The molecule has 0 saturated carbocycles. The number of aliphatic hydroxyl groups excluding tert-OH is 1. The van der Waals surface area contributed by atoms with Gasteiger partial charge < -0.3 is 24.4 Å². The maximum absolute atomic E-state index is 13.4. The number of benzene rings is 1. The minimum Gasteiger partial charge on any atom is -0.467 e. The average molecular weight is 502 g/mol. The van der Waals surface area contributed by atoms with Crippen molar-refractivity contribution in [3.63, 3.8) is 0 Å². The van der Waals surface area contributed by atoms with Crippen LogP contribution in [-0.2, 0) is 30.7 Å². The first kappa shape index (κ1) is 22.9. The van der Waals surface area contributed by atoms with E-state index in [1.165, 1.54) is 5.41 Å². The number of thioether (sulfide) groups is 1. The Morgan fingerprint density at radius 2 is 2.19 bits per heavy atom. The van der Waals surface area contributed by atoms with Gasteiger partial charge in [0.2, 0.25) is 5.91 Å². The smallest absolute Gasteiger partial charge is 0.274 e. The molecule has 4 rings (SSSR count). The van der Waals surface area contributed by atoms with Crippen LogP contribution in [0.1, 0.15) is 17.7 Å². The third kappa shape index (κ3) is 3.86. The predicted molar refractivity (Wildman–Crippen MR) is 119 cm³/mol. The van der Waals surface area contributed by atoms with Gasteiger partial charge in [-0.15, -0.1) is 11.8 Å². The van der Waals surface area contributed by atoms with Crippen molar-refractivity contribution in [3.8, 4) is 0 Å². The summed E-state index contributed by atoms with van der Waals surface area (Å²) in [5, 5.41) is 15.8. The molecule has 172 valence electrons. The Hall–Kier alpha value is -2.25. The van der Waals surface area contributed by atoms with Gasteiger partial charge in [0.1, 0.15) is 16.0 Å². The SMILES string of the molecule is Cc1noc(NS(=O)(=O)C23OCOC2=CSC3C(=O)Nc2ccccc2CCCO)c1Cl. The Labute approximate surface area is 193 Å². The van der Waals surface area contributed by atoms with Gasteiger partial charge in [0.15, 0.2) is 12.6 Å². The number of anilines is 2. The third-order valence-electron chi connectivity index (χ3n) is 5.02. The number of rotatable bonds is 8. The van der Waals surface area contributed by atoms with Crippen molar-refractivity contribution in [2.45, 2.75) is 29.9 Å². The zero-order valence-electron chi connectivity index (χ0n) is 16.8. The molecule has 1 amide bonds. The first-order chi connectivity index (χ1) is 15.3. The van der Waals surface area contributed by atoms with Crippen molar-refractivity contribution < 1.29 is 32.3 Å². The van der Waals surface area contributed by atoms with E-state index in [0.717, 1.165) is 17.3 Å². The zero-order valence-corrected chi connectivity index (χ0v) is 19.2. The molecule has 3 N–H and O–H groups in total. The minimum atomic E-state index is -4.43. The summed E-state index contributed by atoms with van der Waals surface area (Å²) in [5.74, 6) is -0.872. The van der Waals surface area contributed by atoms with E-state index in [9.17, 15) is 13.2 Å². The molecule has 32 heavy (non-hydrogen) atoms. The highest BCUT2D eigenvalue weighted by atomic mass is 35.5. The lowest BCUT2D eigenvalue weighted by Gasteiger charge is -2.28. The third-order valence-corrected chi connectivity index (χ3v) is 8.59. The molecule has 2 unspecified atom stereocenters. The van der Waals surface area contributed by atoms with E-state index in [4.69, 9.17) is 30.7 Å². The number of hydrogen-bond acceptors (Lipinski definition) is 9. The van der Waals surface area contributed by atoms with Crippen LogP contribution in [0.4, 0.5) is 11.6 Å². The molecule has 1 aromatic carbocycles. The second kappa shape index (κ2) is 8.94. The van der Waals surface area contributed by atoms with Crippen molar-refractivity contribution in [2.24, 2.45) is 0 Å². The van der Waals surface area contributed by atoms with Crippen LogP contribution >= 0.6 is 23.4 Å². The Balaban J connectivity index is 1.63. The quantitative estimate of drug-likeness (QED) is 0.497. The number of nitrogens with one attached hydrogen (secondary N) is 2. The van der Waals surface area contributed by atoms with Gasteiger partial charge in [0.05, 0.1) is 0 Å². The van der Waals surface area contributed by atoms with Crippen LogP contribution in [-0.4, -0.2) is 48.2 Å². The molecule has 2 aromatic rings. The minimum absolute atomic E-state index is 0.00104. The summed E-state index contributed by atoms with van der Waals surface area (Å²) < 4.78 is 45.0. The number of sulfonamides is 1. The number of amides is 1. The number of hydrogen-bond donors (Lipinski definition) is 3. The van der Waals surface area contributed by atoms with Crippen LogP contribution in [0.3, 0.4) is 0 Å². The molecule has 3 heterocycles. The van der Waals surface area contributed by atoms with Gasteiger partial charge in [-0.3, -0.25) is 4.79 Å². The summed E-state index contributed by atoms with van der Waals surface area (Å²) in [6.07, 6.45) is 1.07. The van der Waals surface area contributed by atoms with E-state index in [2.05, 4.69) is 15.2 Å². The molecule has 0 aliphatic carbocycles. The van der Waals surface area contributed by atoms with Gasteiger partial charge in [-0.25, -0.2) is 13.1 Å². The van der Waals surface area contributed by atoms with Crippen LogP contribution in [0.5, 0.6) is 0 Å². The lowest BCUT2D eigenvalue weighted by atomic mass is 10.1. The zero-order chi connectivity index (χ0) is 22.9. The molecule has 2 aliphatic rings. The summed E-state index contributed by atoms with van der Waals surface area (Å²) >= 11 is 7.02. The molecule has 0 radical (unpaired) electrons. The maximum Gasteiger partial charge on any atom is 0.274 e. The number of nitrogens with zero attached hydrogens (tertiary/aromatic N) is 1. The summed E-state index contributed by atoms with van der Waals surface area (Å²) in [5.41, 5.74) is 1.64. The van der Waals surface area contributed by atoms with Gasteiger partial charge in [0, 0.05) is 17.7 Å².